The number of hydrogen-bond acceptors (Lipinski definition) is 0. The highest BCUT2D eigenvalue weighted by Crippen LogP contribution is 2.36. The molecule has 0 aromatic carbocycles. The second kappa shape index (κ2) is 6.15. The molecule has 1 unspecified atom stereocenters. The van der Waals surface area contributed by atoms with Crippen LogP contribution < -0.4 is 0 Å². The molecule has 0 saturated heterocycles. The lowest BCUT2D eigenvalue weighted by Crippen LogP contribution is -1.99. The molecule has 0 amide bonds. The van der Waals surface area contributed by atoms with Crippen LogP contribution in [0.1, 0.15) is 66.2 Å². The van der Waals surface area contributed by atoms with Gasteiger partial charge in [0.2, 0.25) is 0 Å². The maximum Gasteiger partial charge on any atom is -0.00117 e. The maximum atomic E-state index is 2.50. The summed E-state index contributed by atoms with van der Waals surface area (Å²) >= 11 is 0. The Hall–Kier alpha value is -0.520. The summed E-state index contributed by atoms with van der Waals surface area (Å²) in [4.78, 5) is 0. The Morgan fingerprint density at radius 2 is 1.73 bits per heavy atom. The van der Waals surface area contributed by atoms with Gasteiger partial charge in [0.1, 0.15) is 0 Å². The van der Waals surface area contributed by atoms with Crippen molar-refractivity contribution in [2.45, 2.75) is 66.2 Å². The zero-order valence-electron chi connectivity index (χ0n) is 10.9. The molecule has 0 bridgehead atoms. The van der Waals surface area contributed by atoms with Crippen molar-refractivity contribution in [1.29, 1.82) is 0 Å². The Morgan fingerprint density at radius 3 is 2.33 bits per heavy atom. The molecule has 0 heteroatoms. The third-order valence-corrected chi connectivity index (χ3v) is 3.64. The summed E-state index contributed by atoms with van der Waals surface area (Å²) in [6, 6.07) is 0. The average molecular weight is 206 g/mol. The monoisotopic (exact) mass is 206 g/mol. The summed E-state index contributed by atoms with van der Waals surface area (Å²) in [6.07, 6.45) is 10.6. The van der Waals surface area contributed by atoms with E-state index < -0.39 is 0 Å². The van der Waals surface area contributed by atoms with Gasteiger partial charge in [0.05, 0.1) is 0 Å². The van der Waals surface area contributed by atoms with Crippen molar-refractivity contribution in [2.75, 3.05) is 0 Å². The zero-order valence-corrected chi connectivity index (χ0v) is 10.9. The highest BCUT2D eigenvalue weighted by molar-refractivity contribution is 5.42. The van der Waals surface area contributed by atoms with E-state index in [9.17, 15) is 0 Å². The lowest BCUT2D eigenvalue weighted by molar-refractivity contribution is 0.593. The zero-order chi connectivity index (χ0) is 11.3. The minimum absolute atomic E-state index is 0.775. The molecular weight excluding hydrogens is 180 g/mol. The van der Waals surface area contributed by atoms with Gasteiger partial charge in [-0.3, -0.25) is 0 Å². The largest absolute Gasteiger partial charge is 0.0741 e. The van der Waals surface area contributed by atoms with Crippen LogP contribution in [0.2, 0.25) is 0 Å². The molecule has 0 aromatic heterocycles. The molecule has 0 spiro atoms. The summed E-state index contributed by atoms with van der Waals surface area (Å²) < 4.78 is 0. The molecular formula is C15H26. The second-order valence-electron chi connectivity index (χ2n) is 4.85. The highest BCUT2D eigenvalue weighted by atomic mass is 14.3. The van der Waals surface area contributed by atoms with Gasteiger partial charge in [-0.25, -0.2) is 0 Å². The van der Waals surface area contributed by atoms with E-state index in [1.54, 1.807) is 11.1 Å². The normalized spacial score (nSPS) is 21.1. The fourth-order valence-electron chi connectivity index (χ4n) is 2.48. The molecule has 1 aliphatic rings. The van der Waals surface area contributed by atoms with E-state index in [2.05, 4.69) is 33.8 Å². The number of unbranched alkanes of at least 4 members (excludes halogenated alkanes) is 2. The van der Waals surface area contributed by atoms with Gasteiger partial charge in [-0.05, 0) is 44.6 Å². The fourth-order valence-corrected chi connectivity index (χ4v) is 2.48. The molecule has 0 fully saturated rings. The van der Waals surface area contributed by atoms with Gasteiger partial charge in [-0.1, -0.05) is 50.3 Å². The molecule has 1 aliphatic carbocycles. The Balaban J connectivity index is 2.62. The minimum Gasteiger partial charge on any atom is -0.0741 e. The first-order valence-corrected chi connectivity index (χ1v) is 6.59. The van der Waals surface area contributed by atoms with Crippen LogP contribution in [0.4, 0.5) is 0 Å². The molecule has 15 heavy (non-hydrogen) atoms. The Labute approximate surface area is 95.5 Å². The lowest BCUT2D eigenvalue weighted by atomic mass is 9.91. The van der Waals surface area contributed by atoms with Gasteiger partial charge in [0, 0.05) is 0 Å². The predicted octanol–water partition coefficient (Wildman–Crippen LogP) is 5.26. The summed E-state index contributed by atoms with van der Waals surface area (Å²) in [5, 5.41) is 0. The van der Waals surface area contributed by atoms with E-state index in [1.807, 2.05) is 0 Å². The van der Waals surface area contributed by atoms with Crippen LogP contribution in [-0.2, 0) is 0 Å². The molecule has 1 atom stereocenters. The van der Waals surface area contributed by atoms with Crippen molar-refractivity contribution in [3.05, 3.63) is 22.8 Å². The van der Waals surface area contributed by atoms with Gasteiger partial charge in [0.15, 0.2) is 0 Å². The van der Waals surface area contributed by atoms with Crippen LogP contribution in [0.15, 0.2) is 22.8 Å². The van der Waals surface area contributed by atoms with E-state index >= 15 is 0 Å². The summed E-state index contributed by atoms with van der Waals surface area (Å²) in [5.74, 6) is 0.775. The Morgan fingerprint density at radius 1 is 1.07 bits per heavy atom. The van der Waals surface area contributed by atoms with E-state index in [4.69, 9.17) is 0 Å². The number of allylic oxidation sites excluding steroid dienone is 4. The average Bonchev–Trinajstić information content (AvgIpc) is 2.50. The van der Waals surface area contributed by atoms with E-state index in [0.29, 0.717) is 0 Å². The first-order valence-electron chi connectivity index (χ1n) is 6.59. The number of hydrogen-bond donors (Lipinski definition) is 0. The Kier molecular flexibility index (Phi) is 5.14. The van der Waals surface area contributed by atoms with Gasteiger partial charge >= 0.3 is 0 Å². The van der Waals surface area contributed by atoms with Crippen LogP contribution in [0.5, 0.6) is 0 Å². The standard InChI is InChI=1S/C15H26/c1-5-7-9-14-11-12(3)13(4)15(14)10-8-6-2/h11,14H,5-10H2,1-4H3. The first kappa shape index (κ1) is 12.5. The van der Waals surface area contributed by atoms with Crippen LogP contribution in [-0.4, -0.2) is 0 Å². The van der Waals surface area contributed by atoms with Gasteiger partial charge < -0.3 is 0 Å². The molecule has 0 N–H and O–H groups in total. The third-order valence-electron chi connectivity index (χ3n) is 3.64. The van der Waals surface area contributed by atoms with Gasteiger partial charge in [0.25, 0.3) is 0 Å². The molecule has 0 radical (unpaired) electrons. The van der Waals surface area contributed by atoms with E-state index in [-0.39, 0.29) is 0 Å². The van der Waals surface area contributed by atoms with E-state index in [1.165, 1.54) is 44.1 Å². The predicted molar refractivity (Wildman–Crippen MR) is 69.0 cm³/mol. The van der Waals surface area contributed by atoms with Crippen molar-refractivity contribution in [1.82, 2.24) is 0 Å². The third kappa shape index (κ3) is 3.22. The van der Waals surface area contributed by atoms with Crippen molar-refractivity contribution >= 4 is 0 Å². The smallest absolute Gasteiger partial charge is 0.00117 e. The molecule has 0 aliphatic heterocycles. The fraction of sp³-hybridized carbons (Fsp3) is 0.733. The van der Waals surface area contributed by atoms with Crippen molar-refractivity contribution in [2.24, 2.45) is 5.92 Å². The van der Waals surface area contributed by atoms with Crippen LogP contribution in [0.25, 0.3) is 0 Å². The van der Waals surface area contributed by atoms with Crippen molar-refractivity contribution < 1.29 is 0 Å². The molecule has 1 rings (SSSR count). The van der Waals surface area contributed by atoms with Crippen LogP contribution >= 0.6 is 0 Å². The van der Waals surface area contributed by atoms with Crippen molar-refractivity contribution in [3.63, 3.8) is 0 Å². The second-order valence-corrected chi connectivity index (χ2v) is 4.85. The molecule has 0 aromatic rings. The first-order chi connectivity index (χ1) is 7.20. The maximum absolute atomic E-state index is 2.50. The van der Waals surface area contributed by atoms with E-state index in [0.717, 1.165) is 5.92 Å². The summed E-state index contributed by atoms with van der Waals surface area (Å²) in [7, 11) is 0. The summed E-state index contributed by atoms with van der Waals surface area (Å²) in [6.45, 7) is 9.15. The van der Waals surface area contributed by atoms with Crippen LogP contribution in [0, 0.1) is 5.92 Å². The van der Waals surface area contributed by atoms with Crippen LogP contribution in [0.3, 0.4) is 0 Å². The van der Waals surface area contributed by atoms with Gasteiger partial charge in [-0.2, -0.15) is 0 Å². The summed E-state index contributed by atoms with van der Waals surface area (Å²) in [5.41, 5.74) is 4.86. The SMILES string of the molecule is CCCCC1=C(C)C(C)=CC1CCCC. The topological polar surface area (TPSA) is 0 Å². The Bertz CT molecular complexity index is 255. The molecule has 0 nitrogen and oxygen atoms in total. The highest BCUT2D eigenvalue weighted by Gasteiger charge is 2.20. The van der Waals surface area contributed by atoms with Gasteiger partial charge in [-0.15, -0.1) is 0 Å². The molecule has 0 heterocycles. The lowest BCUT2D eigenvalue weighted by Gasteiger charge is -2.14. The molecule has 0 saturated carbocycles. The quantitative estimate of drug-likeness (QED) is 0.556. The molecule has 86 valence electrons. The van der Waals surface area contributed by atoms with Crippen molar-refractivity contribution in [3.8, 4) is 0 Å². The number of rotatable bonds is 6. The minimum atomic E-state index is 0.775.